The minimum absolute atomic E-state index is 0.322. The van der Waals surface area contributed by atoms with Crippen LogP contribution in [0.2, 0.25) is 0 Å². The molecule has 0 bridgehead atoms. The highest BCUT2D eigenvalue weighted by Gasteiger charge is 2.21. The summed E-state index contributed by atoms with van der Waals surface area (Å²) in [5.41, 5.74) is 0.973. The molecular formula is C13H16O4. The Morgan fingerprint density at radius 2 is 1.94 bits per heavy atom. The van der Waals surface area contributed by atoms with Gasteiger partial charge in [0.15, 0.2) is 6.29 Å². The highest BCUT2D eigenvalue weighted by atomic mass is 16.6. The van der Waals surface area contributed by atoms with E-state index in [0.29, 0.717) is 25.8 Å². The summed E-state index contributed by atoms with van der Waals surface area (Å²) in [6.07, 6.45) is -0.0310. The molecule has 0 aromatic heterocycles. The molecule has 0 N–H and O–H groups in total. The van der Waals surface area contributed by atoms with Crippen molar-refractivity contribution < 1.29 is 19.1 Å². The third kappa shape index (κ3) is 4.36. The molecule has 2 atom stereocenters. The fourth-order valence-electron chi connectivity index (χ4n) is 1.48. The average Bonchev–Trinajstić information content (AvgIpc) is 2.39. The normalized spacial score (nSPS) is 13.7. The van der Waals surface area contributed by atoms with Gasteiger partial charge in [-0.3, -0.25) is 4.79 Å². The van der Waals surface area contributed by atoms with Gasteiger partial charge < -0.3 is 14.3 Å². The molecule has 4 nitrogen and oxygen atoms in total. The molecule has 0 amide bonds. The Labute approximate surface area is 101 Å². The summed E-state index contributed by atoms with van der Waals surface area (Å²) in [6.45, 7) is 2.50. The number of carbonyl (C=O) groups is 2. The number of carbonyl (C=O) groups excluding carboxylic acids is 2. The third-order valence-electron chi connectivity index (χ3n) is 2.42. The van der Waals surface area contributed by atoms with Gasteiger partial charge in [0.05, 0.1) is 6.61 Å². The smallest absolute Gasteiger partial charge is 0.293 e. The maximum absolute atomic E-state index is 10.9. The Kier molecular flexibility index (Phi) is 5.96. The lowest BCUT2D eigenvalue weighted by molar-refractivity contribution is -0.147. The van der Waals surface area contributed by atoms with Crippen molar-refractivity contribution in [3.63, 3.8) is 0 Å². The van der Waals surface area contributed by atoms with Gasteiger partial charge in [0.25, 0.3) is 6.47 Å². The minimum atomic E-state index is -0.717. The van der Waals surface area contributed by atoms with Crippen molar-refractivity contribution in [2.45, 2.75) is 32.2 Å². The molecule has 0 saturated heterocycles. The van der Waals surface area contributed by atoms with Crippen LogP contribution in [0.1, 0.15) is 18.9 Å². The van der Waals surface area contributed by atoms with Crippen LogP contribution in [-0.2, 0) is 25.7 Å². The van der Waals surface area contributed by atoms with Crippen LogP contribution in [0, 0.1) is 0 Å². The second kappa shape index (κ2) is 7.57. The number of hydrogen-bond donors (Lipinski definition) is 0. The molecule has 0 aliphatic heterocycles. The summed E-state index contributed by atoms with van der Waals surface area (Å²) in [4.78, 5) is 21.2. The van der Waals surface area contributed by atoms with E-state index in [9.17, 15) is 9.59 Å². The highest BCUT2D eigenvalue weighted by molar-refractivity contribution is 5.57. The molecule has 0 saturated carbocycles. The molecule has 1 aromatic rings. The van der Waals surface area contributed by atoms with Crippen molar-refractivity contribution in [2.24, 2.45) is 0 Å². The maximum atomic E-state index is 10.9. The summed E-state index contributed by atoms with van der Waals surface area (Å²) in [5, 5.41) is 0. The second-order valence-corrected chi connectivity index (χ2v) is 3.58. The number of benzene rings is 1. The van der Waals surface area contributed by atoms with Crippen LogP contribution in [0.5, 0.6) is 0 Å². The molecule has 0 spiro atoms. The van der Waals surface area contributed by atoms with Crippen LogP contribution < -0.4 is 0 Å². The third-order valence-corrected chi connectivity index (χ3v) is 2.42. The number of rotatable bonds is 8. The number of aldehydes is 1. The summed E-state index contributed by atoms with van der Waals surface area (Å²) >= 11 is 0. The molecule has 4 heteroatoms. The van der Waals surface area contributed by atoms with Crippen molar-refractivity contribution in [3.8, 4) is 0 Å². The van der Waals surface area contributed by atoms with E-state index in [2.05, 4.69) is 0 Å². The van der Waals surface area contributed by atoms with Gasteiger partial charge in [-0.25, -0.2) is 0 Å². The minimum Gasteiger partial charge on any atom is -0.461 e. The van der Waals surface area contributed by atoms with Crippen LogP contribution in [0.4, 0.5) is 0 Å². The molecule has 0 radical (unpaired) electrons. The quantitative estimate of drug-likeness (QED) is 0.645. The van der Waals surface area contributed by atoms with E-state index in [1.54, 1.807) is 0 Å². The van der Waals surface area contributed by atoms with Gasteiger partial charge in [-0.1, -0.05) is 37.3 Å². The van der Waals surface area contributed by atoms with Crippen LogP contribution in [0.25, 0.3) is 0 Å². The molecule has 0 heterocycles. The summed E-state index contributed by atoms with van der Waals surface area (Å²) < 4.78 is 10.2. The topological polar surface area (TPSA) is 52.6 Å². The molecule has 0 unspecified atom stereocenters. The van der Waals surface area contributed by atoms with Crippen LogP contribution in [-0.4, -0.2) is 25.0 Å². The lowest BCUT2D eigenvalue weighted by atomic mass is 10.1. The van der Waals surface area contributed by atoms with E-state index < -0.39 is 12.2 Å². The van der Waals surface area contributed by atoms with Gasteiger partial charge in [-0.15, -0.1) is 0 Å². The fourth-order valence-corrected chi connectivity index (χ4v) is 1.48. The van der Waals surface area contributed by atoms with E-state index in [1.807, 2.05) is 37.3 Å². The first kappa shape index (κ1) is 13.4. The molecule has 92 valence electrons. The van der Waals surface area contributed by atoms with E-state index >= 15 is 0 Å². The monoisotopic (exact) mass is 236 g/mol. The molecular weight excluding hydrogens is 220 g/mol. The Balaban J connectivity index is 2.51. The SMILES string of the molecule is CC[C@H](OC=O)[C@H](C=O)OCc1ccccc1. The lowest BCUT2D eigenvalue weighted by Gasteiger charge is -2.20. The van der Waals surface area contributed by atoms with E-state index in [4.69, 9.17) is 9.47 Å². The fraction of sp³-hybridized carbons (Fsp3) is 0.385. The zero-order chi connectivity index (χ0) is 12.5. The molecule has 1 aromatic carbocycles. The Morgan fingerprint density at radius 3 is 2.47 bits per heavy atom. The zero-order valence-electron chi connectivity index (χ0n) is 9.74. The largest absolute Gasteiger partial charge is 0.461 e. The molecule has 0 aliphatic carbocycles. The predicted octanol–water partition coefficient (Wildman–Crippen LogP) is 1.72. The summed E-state index contributed by atoms with van der Waals surface area (Å²) in [6, 6.07) is 9.51. The first-order valence-corrected chi connectivity index (χ1v) is 5.51. The van der Waals surface area contributed by atoms with E-state index in [-0.39, 0.29) is 0 Å². The maximum Gasteiger partial charge on any atom is 0.293 e. The zero-order valence-corrected chi connectivity index (χ0v) is 9.74. The Hall–Kier alpha value is -1.68. The van der Waals surface area contributed by atoms with Crippen molar-refractivity contribution in [3.05, 3.63) is 35.9 Å². The van der Waals surface area contributed by atoms with Gasteiger partial charge in [-0.05, 0) is 12.0 Å². The Bertz CT molecular complexity index is 337. The van der Waals surface area contributed by atoms with Gasteiger partial charge in [0, 0.05) is 0 Å². The van der Waals surface area contributed by atoms with Crippen LogP contribution >= 0.6 is 0 Å². The second-order valence-electron chi connectivity index (χ2n) is 3.58. The molecule has 0 aliphatic rings. The Morgan fingerprint density at radius 1 is 1.24 bits per heavy atom. The van der Waals surface area contributed by atoms with Crippen LogP contribution in [0.3, 0.4) is 0 Å². The first-order valence-electron chi connectivity index (χ1n) is 5.51. The van der Waals surface area contributed by atoms with Crippen molar-refractivity contribution in [1.82, 2.24) is 0 Å². The van der Waals surface area contributed by atoms with Gasteiger partial charge in [0.1, 0.15) is 12.2 Å². The summed E-state index contributed by atoms with van der Waals surface area (Å²) in [7, 11) is 0. The highest BCUT2D eigenvalue weighted by Crippen LogP contribution is 2.09. The standard InChI is InChI=1S/C13H16O4/c1-2-12(17-10-15)13(8-14)16-9-11-6-4-3-5-7-11/h3-8,10,12-13H,2,9H2,1H3/t12-,13-/m0/s1. The first-order chi connectivity index (χ1) is 8.31. The molecule has 17 heavy (non-hydrogen) atoms. The predicted molar refractivity (Wildman–Crippen MR) is 62.3 cm³/mol. The van der Waals surface area contributed by atoms with Crippen LogP contribution in [0.15, 0.2) is 30.3 Å². The van der Waals surface area contributed by atoms with Gasteiger partial charge >= 0.3 is 0 Å². The number of hydrogen-bond acceptors (Lipinski definition) is 4. The molecule has 0 fully saturated rings. The van der Waals surface area contributed by atoms with E-state index in [0.717, 1.165) is 5.56 Å². The van der Waals surface area contributed by atoms with Crippen molar-refractivity contribution in [2.75, 3.05) is 0 Å². The number of ether oxygens (including phenoxy) is 2. The van der Waals surface area contributed by atoms with Crippen molar-refractivity contribution in [1.29, 1.82) is 0 Å². The molecule has 1 rings (SSSR count). The van der Waals surface area contributed by atoms with E-state index in [1.165, 1.54) is 0 Å². The average molecular weight is 236 g/mol. The summed E-state index contributed by atoms with van der Waals surface area (Å²) in [5.74, 6) is 0. The van der Waals surface area contributed by atoms with Gasteiger partial charge in [-0.2, -0.15) is 0 Å². The van der Waals surface area contributed by atoms with Crippen molar-refractivity contribution >= 4 is 12.8 Å². The lowest BCUT2D eigenvalue weighted by Crippen LogP contribution is -2.32. The van der Waals surface area contributed by atoms with Gasteiger partial charge in [0.2, 0.25) is 0 Å².